The van der Waals surface area contributed by atoms with Crippen LogP contribution >= 0.6 is 0 Å². The minimum absolute atomic E-state index is 0.151. The van der Waals surface area contributed by atoms with E-state index in [1.165, 1.54) is 17.5 Å². The maximum absolute atomic E-state index is 5.57. The smallest absolute Gasteiger partial charge is 0.0709 e. The number of fused-ring (bicyclic) bond motifs is 1. The summed E-state index contributed by atoms with van der Waals surface area (Å²) in [6, 6.07) is 8.86. The normalized spacial score (nSPS) is 22.1. The highest BCUT2D eigenvalue weighted by molar-refractivity contribution is 5.39. The van der Waals surface area contributed by atoms with Crippen LogP contribution in [0, 0.1) is 0 Å². The molecule has 0 saturated carbocycles. The zero-order chi connectivity index (χ0) is 11.5. The van der Waals surface area contributed by atoms with Crippen molar-refractivity contribution in [1.82, 2.24) is 5.43 Å². The minimum atomic E-state index is 0.151. The van der Waals surface area contributed by atoms with E-state index < -0.39 is 0 Å². The van der Waals surface area contributed by atoms with Crippen molar-refractivity contribution in [2.45, 2.75) is 37.8 Å². The molecule has 0 spiro atoms. The van der Waals surface area contributed by atoms with Crippen LogP contribution in [0.3, 0.4) is 0 Å². The third kappa shape index (κ3) is 2.12. The molecule has 1 aliphatic rings. The van der Waals surface area contributed by atoms with E-state index in [0.717, 1.165) is 6.42 Å². The molecule has 0 saturated heterocycles. The zero-order valence-electron chi connectivity index (χ0n) is 9.94. The second-order valence-electron chi connectivity index (χ2n) is 4.55. The largest absolute Gasteiger partial charge is 0.380 e. The highest BCUT2D eigenvalue weighted by Gasteiger charge is 2.29. The van der Waals surface area contributed by atoms with E-state index in [1.807, 2.05) is 0 Å². The first-order valence-corrected chi connectivity index (χ1v) is 5.83. The zero-order valence-corrected chi connectivity index (χ0v) is 9.94. The van der Waals surface area contributed by atoms with Gasteiger partial charge in [0, 0.05) is 13.2 Å². The van der Waals surface area contributed by atoms with Gasteiger partial charge in [-0.05, 0) is 36.8 Å². The van der Waals surface area contributed by atoms with Gasteiger partial charge in [-0.3, -0.25) is 11.3 Å². The van der Waals surface area contributed by atoms with Gasteiger partial charge in [0.25, 0.3) is 0 Å². The molecule has 0 amide bonds. The van der Waals surface area contributed by atoms with Crippen LogP contribution in [0.1, 0.15) is 30.4 Å². The van der Waals surface area contributed by atoms with Crippen molar-refractivity contribution in [2.24, 2.45) is 5.84 Å². The maximum Gasteiger partial charge on any atom is 0.0709 e. The maximum atomic E-state index is 5.57. The number of hydrogen-bond acceptors (Lipinski definition) is 3. The quantitative estimate of drug-likeness (QED) is 0.585. The van der Waals surface area contributed by atoms with Gasteiger partial charge in [-0.1, -0.05) is 24.3 Å². The van der Waals surface area contributed by atoms with Crippen LogP contribution in [0.25, 0.3) is 0 Å². The second kappa shape index (κ2) is 4.95. The number of methoxy groups -OCH3 is 1. The van der Waals surface area contributed by atoms with Crippen LogP contribution in [-0.2, 0) is 11.2 Å². The number of benzene rings is 1. The fourth-order valence-electron chi connectivity index (χ4n) is 2.44. The van der Waals surface area contributed by atoms with E-state index in [2.05, 4.69) is 36.6 Å². The SMILES string of the molecule is COC(C)C(CC1Cc2ccccc21)NN. The molecule has 0 fully saturated rings. The van der Waals surface area contributed by atoms with Gasteiger partial charge in [0.15, 0.2) is 0 Å². The molecule has 3 N–H and O–H groups in total. The second-order valence-corrected chi connectivity index (χ2v) is 4.55. The summed E-state index contributed by atoms with van der Waals surface area (Å²) in [5.41, 5.74) is 5.82. The monoisotopic (exact) mass is 220 g/mol. The fraction of sp³-hybridized carbons (Fsp3) is 0.538. The first kappa shape index (κ1) is 11.6. The van der Waals surface area contributed by atoms with E-state index in [4.69, 9.17) is 10.6 Å². The topological polar surface area (TPSA) is 47.3 Å². The molecule has 0 bridgehead atoms. The molecule has 3 unspecified atom stereocenters. The molecule has 0 radical (unpaired) electrons. The molecule has 1 aromatic rings. The lowest BCUT2D eigenvalue weighted by molar-refractivity contribution is 0.0766. The first-order chi connectivity index (χ1) is 7.76. The summed E-state index contributed by atoms with van der Waals surface area (Å²) in [4.78, 5) is 0. The number of ether oxygens (including phenoxy) is 1. The van der Waals surface area contributed by atoms with E-state index in [1.54, 1.807) is 7.11 Å². The van der Waals surface area contributed by atoms with Crippen molar-refractivity contribution in [3.63, 3.8) is 0 Å². The average molecular weight is 220 g/mol. The summed E-state index contributed by atoms with van der Waals surface area (Å²) in [7, 11) is 1.73. The Morgan fingerprint density at radius 2 is 2.25 bits per heavy atom. The van der Waals surface area contributed by atoms with Gasteiger partial charge < -0.3 is 4.74 Å². The number of nitrogens with one attached hydrogen (secondary N) is 1. The lowest BCUT2D eigenvalue weighted by Crippen LogP contribution is -2.45. The highest BCUT2D eigenvalue weighted by atomic mass is 16.5. The Morgan fingerprint density at radius 3 is 2.88 bits per heavy atom. The van der Waals surface area contributed by atoms with Crippen molar-refractivity contribution >= 4 is 0 Å². The predicted molar refractivity (Wildman–Crippen MR) is 65.1 cm³/mol. The Morgan fingerprint density at radius 1 is 1.50 bits per heavy atom. The number of hydrazine groups is 1. The summed E-state index contributed by atoms with van der Waals surface area (Å²) in [6.07, 6.45) is 2.37. The van der Waals surface area contributed by atoms with Crippen molar-refractivity contribution in [3.05, 3.63) is 35.4 Å². The van der Waals surface area contributed by atoms with E-state index in [9.17, 15) is 0 Å². The summed E-state index contributed by atoms with van der Waals surface area (Å²) in [6.45, 7) is 2.05. The van der Waals surface area contributed by atoms with Gasteiger partial charge in [-0.2, -0.15) is 0 Å². The van der Waals surface area contributed by atoms with Gasteiger partial charge in [0.1, 0.15) is 0 Å². The Hall–Kier alpha value is -0.900. The van der Waals surface area contributed by atoms with Crippen molar-refractivity contribution < 1.29 is 4.74 Å². The van der Waals surface area contributed by atoms with Crippen LogP contribution in [0.2, 0.25) is 0 Å². The number of hydrogen-bond donors (Lipinski definition) is 2. The number of nitrogens with two attached hydrogens (primary N) is 1. The number of rotatable bonds is 5. The Balaban J connectivity index is 1.97. The van der Waals surface area contributed by atoms with Crippen molar-refractivity contribution in [1.29, 1.82) is 0 Å². The van der Waals surface area contributed by atoms with Gasteiger partial charge in [-0.25, -0.2) is 0 Å². The van der Waals surface area contributed by atoms with Crippen LogP contribution in [0.15, 0.2) is 24.3 Å². The molecule has 0 aliphatic heterocycles. The first-order valence-electron chi connectivity index (χ1n) is 5.83. The molecule has 2 rings (SSSR count). The van der Waals surface area contributed by atoms with Crippen LogP contribution < -0.4 is 11.3 Å². The molecular weight excluding hydrogens is 200 g/mol. The van der Waals surface area contributed by atoms with Crippen molar-refractivity contribution in [3.8, 4) is 0 Å². The molecule has 16 heavy (non-hydrogen) atoms. The summed E-state index contributed by atoms with van der Waals surface area (Å²) in [5.74, 6) is 6.20. The van der Waals surface area contributed by atoms with E-state index in [0.29, 0.717) is 5.92 Å². The lowest BCUT2D eigenvalue weighted by atomic mass is 9.74. The third-order valence-corrected chi connectivity index (χ3v) is 3.65. The minimum Gasteiger partial charge on any atom is -0.380 e. The highest BCUT2D eigenvalue weighted by Crippen LogP contribution is 2.38. The molecule has 88 valence electrons. The molecule has 1 aliphatic carbocycles. The lowest BCUT2D eigenvalue weighted by Gasteiger charge is -2.34. The molecule has 0 heterocycles. The molecular formula is C13H20N2O. The van der Waals surface area contributed by atoms with Gasteiger partial charge in [0.05, 0.1) is 6.10 Å². The summed E-state index contributed by atoms with van der Waals surface area (Å²) < 4.78 is 5.32. The van der Waals surface area contributed by atoms with Crippen LogP contribution in [0.4, 0.5) is 0 Å². The standard InChI is InChI=1S/C13H20N2O/c1-9(16-2)13(15-14)8-11-7-10-5-3-4-6-12(10)11/h3-6,9,11,13,15H,7-8,14H2,1-2H3. The molecule has 3 nitrogen and oxygen atoms in total. The van der Waals surface area contributed by atoms with Gasteiger partial charge in [-0.15, -0.1) is 0 Å². The van der Waals surface area contributed by atoms with Crippen LogP contribution in [0.5, 0.6) is 0 Å². The van der Waals surface area contributed by atoms with Gasteiger partial charge in [0.2, 0.25) is 0 Å². The van der Waals surface area contributed by atoms with Crippen molar-refractivity contribution in [2.75, 3.05) is 7.11 Å². The average Bonchev–Trinajstić information content (AvgIpc) is 2.30. The van der Waals surface area contributed by atoms with E-state index >= 15 is 0 Å². The predicted octanol–water partition coefficient (Wildman–Crippen LogP) is 1.58. The summed E-state index contributed by atoms with van der Waals surface area (Å²) >= 11 is 0. The fourth-order valence-corrected chi connectivity index (χ4v) is 2.44. The Kier molecular flexibility index (Phi) is 3.59. The third-order valence-electron chi connectivity index (χ3n) is 3.65. The van der Waals surface area contributed by atoms with E-state index in [-0.39, 0.29) is 12.1 Å². The Bertz CT molecular complexity index is 354. The molecule has 3 heteroatoms. The molecule has 1 aromatic carbocycles. The Labute approximate surface area is 97.0 Å². The van der Waals surface area contributed by atoms with Crippen LogP contribution in [-0.4, -0.2) is 19.3 Å². The van der Waals surface area contributed by atoms with Gasteiger partial charge >= 0.3 is 0 Å². The molecule has 0 aromatic heterocycles. The molecule has 3 atom stereocenters. The summed E-state index contributed by atoms with van der Waals surface area (Å²) in [5, 5.41) is 0.